The predicted octanol–water partition coefficient (Wildman–Crippen LogP) is 1.29. The van der Waals surface area contributed by atoms with Gasteiger partial charge in [0.15, 0.2) is 5.96 Å². The molecule has 1 rings (SSSR count). The summed E-state index contributed by atoms with van der Waals surface area (Å²) < 4.78 is 10.3. The second-order valence-corrected chi connectivity index (χ2v) is 6.44. The third-order valence-electron chi connectivity index (χ3n) is 4.35. The average Bonchev–Trinajstić information content (AvgIpc) is 2.63. The lowest BCUT2D eigenvalue weighted by atomic mass is 9.87. The number of methoxy groups -OCH3 is 1. The number of rotatable bonds is 12. The molecule has 1 amide bonds. The molecule has 1 aliphatic carbocycles. The van der Waals surface area contributed by atoms with E-state index < -0.39 is 0 Å². The molecule has 0 radical (unpaired) electrons. The number of aliphatic imine (C=N–C) groups is 1. The Bertz CT molecular complexity index is 371. The van der Waals surface area contributed by atoms with E-state index in [1.807, 2.05) is 0 Å². The zero-order valence-electron chi connectivity index (χ0n) is 15.9. The van der Waals surface area contributed by atoms with Crippen LogP contribution >= 0.6 is 0 Å². The molecule has 1 fully saturated rings. The van der Waals surface area contributed by atoms with Gasteiger partial charge in [-0.1, -0.05) is 19.3 Å². The minimum atomic E-state index is 0.171. The van der Waals surface area contributed by atoms with Gasteiger partial charge in [-0.3, -0.25) is 9.79 Å². The molecule has 25 heavy (non-hydrogen) atoms. The molecule has 0 saturated heterocycles. The Morgan fingerprint density at radius 1 is 1.00 bits per heavy atom. The summed E-state index contributed by atoms with van der Waals surface area (Å²) in [5.74, 6) is 1.51. The summed E-state index contributed by atoms with van der Waals surface area (Å²) in [6, 6.07) is 0. The van der Waals surface area contributed by atoms with Crippen molar-refractivity contribution in [3.8, 4) is 0 Å². The fourth-order valence-corrected chi connectivity index (χ4v) is 2.95. The molecular weight excluding hydrogens is 320 g/mol. The Kier molecular flexibility index (Phi) is 13.0. The molecule has 7 heteroatoms. The number of carbonyl (C=O) groups is 1. The van der Waals surface area contributed by atoms with Gasteiger partial charge in [-0.05, 0) is 25.2 Å². The maximum atomic E-state index is 11.9. The summed E-state index contributed by atoms with van der Waals surface area (Å²) in [6.07, 6.45) is 7.87. The molecule has 0 spiro atoms. The van der Waals surface area contributed by atoms with Crippen LogP contribution in [0.4, 0.5) is 0 Å². The molecule has 1 aliphatic rings. The van der Waals surface area contributed by atoms with Gasteiger partial charge in [0.2, 0.25) is 5.91 Å². The first-order chi connectivity index (χ1) is 12.3. The Balaban J connectivity index is 1.98. The second-order valence-electron chi connectivity index (χ2n) is 6.44. The Hall–Kier alpha value is -1.34. The van der Waals surface area contributed by atoms with Crippen LogP contribution in [0.5, 0.6) is 0 Å². The molecule has 3 N–H and O–H groups in total. The van der Waals surface area contributed by atoms with Crippen molar-refractivity contribution >= 4 is 11.9 Å². The number of guanidine groups is 1. The summed E-state index contributed by atoms with van der Waals surface area (Å²) in [5.41, 5.74) is 0. The second kappa shape index (κ2) is 15.0. The lowest BCUT2D eigenvalue weighted by Crippen LogP contribution is -2.42. The molecule has 7 nitrogen and oxygen atoms in total. The first-order valence-corrected chi connectivity index (χ1v) is 9.54. The van der Waals surface area contributed by atoms with Crippen molar-refractivity contribution in [1.82, 2.24) is 16.0 Å². The number of amides is 1. The fraction of sp³-hybridized carbons (Fsp3) is 0.889. The van der Waals surface area contributed by atoms with E-state index in [4.69, 9.17) is 9.47 Å². The van der Waals surface area contributed by atoms with Gasteiger partial charge >= 0.3 is 0 Å². The minimum Gasteiger partial charge on any atom is -0.382 e. The van der Waals surface area contributed by atoms with Crippen LogP contribution in [0.2, 0.25) is 0 Å². The lowest BCUT2D eigenvalue weighted by molar-refractivity contribution is -0.122. The van der Waals surface area contributed by atoms with Crippen molar-refractivity contribution in [1.29, 1.82) is 0 Å². The third kappa shape index (κ3) is 11.8. The van der Waals surface area contributed by atoms with Crippen LogP contribution in [-0.2, 0) is 14.3 Å². The van der Waals surface area contributed by atoms with E-state index in [1.54, 1.807) is 14.2 Å². The van der Waals surface area contributed by atoms with E-state index in [2.05, 4.69) is 20.9 Å². The Labute approximate surface area is 152 Å². The molecule has 0 aromatic rings. The maximum Gasteiger partial charge on any atom is 0.220 e. The summed E-state index contributed by atoms with van der Waals surface area (Å²) in [6.45, 7) is 4.03. The van der Waals surface area contributed by atoms with Gasteiger partial charge in [0.25, 0.3) is 0 Å². The highest BCUT2D eigenvalue weighted by molar-refractivity contribution is 5.79. The molecule has 146 valence electrons. The molecule has 0 heterocycles. The van der Waals surface area contributed by atoms with Gasteiger partial charge in [0, 0.05) is 46.8 Å². The van der Waals surface area contributed by atoms with E-state index in [0.717, 1.165) is 18.9 Å². The zero-order chi connectivity index (χ0) is 18.2. The largest absolute Gasteiger partial charge is 0.382 e. The average molecular weight is 357 g/mol. The molecule has 0 unspecified atom stereocenters. The van der Waals surface area contributed by atoms with Crippen molar-refractivity contribution in [3.05, 3.63) is 0 Å². The monoisotopic (exact) mass is 356 g/mol. The van der Waals surface area contributed by atoms with Crippen molar-refractivity contribution in [2.24, 2.45) is 10.9 Å². The van der Waals surface area contributed by atoms with Crippen LogP contribution in [0.1, 0.15) is 44.9 Å². The van der Waals surface area contributed by atoms with Gasteiger partial charge in [0.05, 0.1) is 13.2 Å². The smallest absolute Gasteiger partial charge is 0.220 e. The van der Waals surface area contributed by atoms with Crippen LogP contribution in [0.15, 0.2) is 4.99 Å². The van der Waals surface area contributed by atoms with Gasteiger partial charge in [-0.2, -0.15) is 0 Å². The van der Waals surface area contributed by atoms with Gasteiger partial charge in [-0.25, -0.2) is 0 Å². The Morgan fingerprint density at radius 3 is 2.44 bits per heavy atom. The zero-order valence-corrected chi connectivity index (χ0v) is 15.9. The van der Waals surface area contributed by atoms with E-state index in [9.17, 15) is 4.79 Å². The SMILES string of the molecule is CN=C(NCCCOCCOC)NCCNC(=O)CC1CCCCC1. The molecular formula is C18H36N4O3. The molecule has 0 atom stereocenters. The maximum absolute atomic E-state index is 11.9. The van der Waals surface area contributed by atoms with E-state index in [-0.39, 0.29) is 5.91 Å². The lowest BCUT2D eigenvalue weighted by Gasteiger charge is -2.20. The van der Waals surface area contributed by atoms with Crippen LogP contribution in [0.3, 0.4) is 0 Å². The van der Waals surface area contributed by atoms with E-state index in [0.29, 0.717) is 45.2 Å². The fourth-order valence-electron chi connectivity index (χ4n) is 2.95. The van der Waals surface area contributed by atoms with Gasteiger partial charge in [-0.15, -0.1) is 0 Å². The van der Waals surface area contributed by atoms with Crippen molar-refractivity contribution in [2.45, 2.75) is 44.9 Å². The van der Waals surface area contributed by atoms with Crippen molar-refractivity contribution in [3.63, 3.8) is 0 Å². The highest BCUT2D eigenvalue weighted by Crippen LogP contribution is 2.25. The predicted molar refractivity (Wildman–Crippen MR) is 101 cm³/mol. The quantitative estimate of drug-likeness (QED) is 0.279. The van der Waals surface area contributed by atoms with Crippen molar-refractivity contribution in [2.75, 3.05) is 53.6 Å². The van der Waals surface area contributed by atoms with Crippen LogP contribution in [0, 0.1) is 5.92 Å². The van der Waals surface area contributed by atoms with Crippen LogP contribution in [-0.4, -0.2) is 65.5 Å². The molecule has 0 aromatic heterocycles. The summed E-state index contributed by atoms with van der Waals surface area (Å²) in [4.78, 5) is 16.1. The molecule has 0 aliphatic heterocycles. The van der Waals surface area contributed by atoms with E-state index >= 15 is 0 Å². The molecule has 0 bridgehead atoms. The van der Waals surface area contributed by atoms with Crippen LogP contribution < -0.4 is 16.0 Å². The number of nitrogens with zero attached hydrogens (tertiary/aromatic N) is 1. The number of carbonyl (C=O) groups excluding carboxylic acids is 1. The normalized spacial score (nSPS) is 15.8. The van der Waals surface area contributed by atoms with E-state index in [1.165, 1.54) is 32.1 Å². The first-order valence-electron chi connectivity index (χ1n) is 9.54. The van der Waals surface area contributed by atoms with Gasteiger partial charge < -0.3 is 25.4 Å². The third-order valence-corrected chi connectivity index (χ3v) is 4.35. The minimum absolute atomic E-state index is 0.171. The number of nitrogens with one attached hydrogen (secondary N) is 3. The number of hydrogen-bond acceptors (Lipinski definition) is 4. The van der Waals surface area contributed by atoms with Crippen LogP contribution in [0.25, 0.3) is 0 Å². The standard InChI is InChI=1S/C18H36N4O3/c1-19-18(21-9-6-12-25-14-13-24-2)22-11-10-20-17(23)15-16-7-4-3-5-8-16/h16H,3-15H2,1-2H3,(H,20,23)(H2,19,21,22). The number of hydrogen-bond donors (Lipinski definition) is 3. The molecule has 1 saturated carbocycles. The first kappa shape index (κ1) is 21.7. The highest BCUT2D eigenvalue weighted by Gasteiger charge is 2.16. The topological polar surface area (TPSA) is 84.0 Å². The molecule has 0 aromatic carbocycles. The number of ether oxygens (including phenoxy) is 2. The summed E-state index contributed by atoms with van der Waals surface area (Å²) in [5, 5.41) is 9.42. The highest BCUT2D eigenvalue weighted by atomic mass is 16.5. The van der Waals surface area contributed by atoms with Crippen molar-refractivity contribution < 1.29 is 14.3 Å². The van der Waals surface area contributed by atoms with Gasteiger partial charge in [0.1, 0.15) is 0 Å². The Morgan fingerprint density at radius 2 is 1.72 bits per heavy atom. The summed E-state index contributed by atoms with van der Waals surface area (Å²) in [7, 11) is 3.41. The summed E-state index contributed by atoms with van der Waals surface area (Å²) >= 11 is 0.